The quantitative estimate of drug-likeness (QED) is 0.855. The summed E-state index contributed by atoms with van der Waals surface area (Å²) >= 11 is 0. The predicted octanol–water partition coefficient (Wildman–Crippen LogP) is 2.36. The molecule has 7 nitrogen and oxygen atoms in total. The zero-order chi connectivity index (χ0) is 18.4. The van der Waals surface area contributed by atoms with Crippen molar-refractivity contribution >= 4 is 11.9 Å². The molecule has 0 saturated carbocycles. The Morgan fingerprint density at radius 3 is 2.60 bits per heavy atom. The second kappa shape index (κ2) is 5.57. The minimum atomic E-state index is -4.56. The van der Waals surface area contributed by atoms with Gasteiger partial charge in [-0.05, 0) is 24.6 Å². The second-order valence-corrected chi connectivity index (χ2v) is 5.74. The maximum absolute atomic E-state index is 12.9. The molecule has 2 aromatic rings. The number of nitrogens with zero attached hydrogens (tertiary/aromatic N) is 3. The van der Waals surface area contributed by atoms with Crippen molar-refractivity contribution in [1.82, 2.24) is 20.4 Å². The van der Waals surface area contributed by atoms with Crippen LogP contribution >= 0.6 is 0 Å². The number of imide groups is 1. The van der Waals surface area contributed by atoms with E-state index in [1.54, 1.807) is 6.92 Å². The van der Waals surface area contributed by atoms with Crippen molar-refractivity contribution in [2.24, 2.45) is 0 Å². The number of carbonyl (C=O) groups excluding carboxylic acids is 2. The van der Waals surface area contributed by atoms with E-state index in [1.165, 1.54) is 19.1 Å². The summed E-state index contributed by atoms with van der Waals surface area (Å²) in [7, 11) is 0. The second-order valence-electron chi connectivity index (χ2n) is 5.74. The van der Waals surface area contributed by atoms with Gasteiger partial charge in [0.15, 0.2) is 0 Å². The number of aryl methyl sites for hydroxylation is 1. The standard InChI is InChI=1S/C15H13F3N4O3/c1-8-20-21-11(25-8)7-22-12(23)14(2,19-13(22)24)9-4-3-5-10(6-9)15(16,17)18/h3-6H,7H2,1-2H3,(H,19,24). The van der Waals surface area contributed by atoms with Gasteiger partial charge in [0, 0.05) is 6.92 Å². The fourth-order valence-corrected chi connectivity index (χ4v) is 2.58. The van der Waals surface area contributed by atoms with E-state index in [9.17, 15) is 22.8 Å². The molecule has 1 aliphatic rings. The number of urea groups is 1. The predicted molar refractivity (Wildman–Crippen MR) is 76.9 cm³/mol. The van der Waals surface area contributed by atoms with Crippen LogP contribution in [0.3, 0.4) is 0 Å². The lowest BCUT2D eigenvalue weighted by molar-refractivity contribution is -0.138. The highest BCUT2D eigenvalue weighted by Crippen LogP contribution is 2.34. The largest absolute Gasteiger partial charge is 0.424 e. The third-order valence-electron chi connectivity index (χ3n) is 3.90. The number of halogens is 3. The SMILES string of the molecule is Cc1nnc(CN2C(=O)NC(C)(c3cccc(C(F)(F)F)c3)C2=O)o1. The van der Waals surface area contributed by atoms with Crippen molar-refractivity contribution in [3.8, 4) is 0 Å². The van der Waals surface area contributed by atoms with E-state index in [4.69, 9.17) is 4.42 Å². The Morgan fingerprint density at radius 2 is 2.00 bits per heavy atom. The van der Waals surface area contributed by atoms with Crippen molar-refractivity contribution in [2.45, 2.75) is 32.1 Å². The summed E-state index contributed by atoms with van der Waals surface area (Å²) in [5.41, 5.74) is -2.49. The van der Waals surface area contributed by atoms with Crippen LogP contribution < -0.4 is 5.32 Å². The monoisotopic (exact) mass is 354 g/mol. The lowest BCUT2D eigenvalue weighted by Gasteiger charge is -2.23. The number of benzene rings is 1. The first kappa shape index (κ1) is 16.9. The number of carbonyl (C=O) groups is 2. The van der Waals surface area contributed by atoms with E-state index in [1.807, 2.05) is 0 Å². The molecule has 0 spiro atoms. The van der Waals surface area contributed by atoms with Crippen LogP contribution in [0.2, 0.25) is 0 Å². The molecular weight excluding hydrogens is 341 g/mol. The summed E-state index contributed by atoms with van der Waals surface area (Å²) < 4.78 is 43.9. The molecule has 1 saturated heterocycles. The molecule has 1 N–H and O–H groups in total. The summed E-state index contributed by atoms with van der Waals surface area (Å²) in [5, 5.41) is 9.74. The molecule has 1 fully saturated rings. The summed E-state index contributed by atoms with van der Waals surface area (Å²) in [6.07, 6.45) is -4.56. The maximum Gasteiger partial charge on any atom is 0.416 e. The molecule has 3 rings (SSSR count). The molecule has 0 aliphatic carbocycles. The first-order valence-corrected chi connectivity index (χ1v) is 7.22. The van der Waals surface area contributed by atoms with Gasteiger partial charge in [-0.1, -0.05) is 12.1 Å². The van der Waals surface area contributed by atoms with Crippen LogP contribution in [-0.2, 0) is 23.1 Å². The Hall–Kier alpha value is -2.91. The van der Waals surface area contributed by atoms with Gasteiger partial charge in [0.1, 0.15) is 12.1 Å². The minimum Gasteiger partial charge on any atom is -0.424 e. The van der Waals surface area contributed by atoms with E-state index in [-0.39, 0.29) is 23.9 Å². The molecule has 1 atom stereocenters. The van der Waals surface area contributed by atoms with Gasteiger partial charge in [-0.25, -0.2) is 4.79 Å². The third-order valence-corrected chi connectivity index (χ3v) is 3.90. The third kappa shape index (κ3) is 2.94. The molecule has 1 aliphatic heterocycles. The van der Waals surface area contributed by atoms with Gasteiger partial charge in [0.05, 0.1) is 5.56 Å². The van der Waals surface area contributed by atoms with Gasteiger partial charge in [-0.3, -0.25) is 9.69 Å². The highest BCUT2D eigenvalue weighted by Gasteiger charge is 2.50. The van der Waals surface area contributed by atoms with Gasteiger partial charge in [-0.15, -0.1) is 10.2 Å². The van der Waals surface area contributed by atoms with Crippen molar-refractivity contribution < 1.29 is 27.2 Å². The Bertz CT molecular complexity index is 849. The average molecular weight is 354 g/mol. The molecule has 0 radical (unpaired) electrons. The van der Waals surface area contributed by atoms with E-state index < -0.39 is 29.2 Å². The Labute approximate surface area is 139 Å². The van der Waals surface area contributed by atoms with Crippen LogP contribution in [-0.4, -0.2) is 27.0 Å². The zero-order valence-corrected chi connectivity index (χ0v) is 13.2. The van der Waals surface area contributed by atoms with Crippen molar-refractivity contribution in [3.05, 3.63) is 47.2 Å². The molecule has 3 amide bonds. The molecule has 25 heavy (non-hydrogen) atoms. The zero-order valence-electron chi connectivity index (χ0n) is 13.2. The summed E-state index contributed by atoms with van der Waals surface area (Å²) in [4.78, 5) is 25.7. The molecule has 10 heteroatoms. The fourth-order valence-electron chi connectivity index (χ4n) is 2.58. The smallest absolute Gasteiger partial charge is 0.416 e. The number of aromatic nitrogens is 2. The van der Waals surface area contributed by atoms with E-state index in [0.29, 0.717) is 0 Å². The van der Waals surface area contributed by atoms with Crippen molar-refractivity contribution in [2.75, 3.05) is 0 Å². The summed E-state index contributed by atoms with van der Waals surface area (Å²) in [6.45, 7) is 2.64. The fraction of sp³-hybridized carbons (Fsp3) is 0.333. The Morgan fingerprint density at radius 1 is 1.28 bits per heavy atom. The Balaban J connectivity index is 1.92. The first-order valence-electron chi connectivity index (χ1n) is 7.22. The molecule has 132 valence electrons. The molecule has 1 unspecified atom stereocenters. The number of hydrogen-bond donors (Lipinski definition) is 1. The average Bonchev–Trinajstić information content (AvgIpc) is 3.04. The van der Waals surface area contributed by atoms with Gasteiger partial charge < -0.3 is 9.73 Å². The number of amides is 3. The first-order chi connectivity index (χ1) is 11.6. The molecule has 1 aromatic heterocycles. The molecule has 1 aromatic carbocycles. The minimum absolute atomic E-state index is 0.0323. The van der Waals surface area contributed by atoms with Crippen LogP contribution in [0.25, 0.3) is 0 Å². The molecule has 0 bridgehead atoms. The Kier molecular flexibility index (Phi) is 3.77. The topological polar surface area (TPSA) is 88.3 Å². The van der Waals surface area contributed by atoms with E-state index in [0.717, 1.165) is 17.0 Å². The number of alkyl halides is 3. The number of rotatable bonds is 3. The van der Waals surface area contributed by atoms with E-state index >= 15 is 0 Å². The van der Waals surface area contributed by atoms with Gasteiger partial charge >= 0.3 is 12.2 Å². The molecular formula is C15H13F3N4O3. The lowest BCUT2D eigenvalue weighted by Crippen LogP contribution is -2.41. The van der Waals surface area contributed by atoms with Crippen LogP contribution in [0, 0.1) is 6.92 Å². The van der Waals surface area contributed by atoms with Crippen LogP contribution in [0.5, 0.6) is 0 Å². The number of nitrogens with one attached hydrogen (secondary N) is 1. The highest BCUT2D eigenvalue weighted by atomic mass is 19.4. The van der Waals surface area contributed by atoms with Crippen LogP contribution in [0.4, 0.5) is 18.0 Å². The summed E-state index contributed by atoms with van der Waals surface area (Å²) in [6, 6.07) is 3.53. The summed E-state index contributed by atoms with van der Waals surface area (Å²) in [5.74, 6) is -0.385. The molecule has 2 heterocycles. The van der Waals surface area contributed by atoms with Crippen molar-refractivity contribution in [3.63, 3.8) is 0 Å². The lowest BCUT2D eigenvalue weighted by atomic mass is 9.90. The highest BCUT2D eigenvalue weighted by molar-refractivity contribution is 6.07. The normalized spacial score (nSPS) is 20.9. The maximum atomic E-state index is 12.9. The van der Waals surface area contributed by atoms with Crippen molar-refractivity contribution in [1.29, 1.82) is 0 Å². The van der Waals surface area contributed by atoms with Gasteiger partial charge in [0.2, 0.25) is 11.8 Å². The van der Waals surface area contributed by atoms with Gasteiger partial charge in [-0.2, -0.15) is 13.2 Å². The van der Waals surface area contributed by atoms with Gasteiger partial charge in [0.25, 0.3) is 5.91 Å². The van der Waals surface area contributed by atoms with Crippen LogP contribution in [0.15, 0.2) is 28.7 Å². The number of hydrogen-bond acceptors (Lipinski definition) is 5. The van der Waals surface area contributed by atoms with E-state index in [2.05, 4.69) is 15.5 Å². The van der Waals surface area contributed by atoms with Crippen LogP contribution in [0.1, 0.15) is 29.8 Å².